The van der Waals surface area contributed by atoms with Crippen molar-refractivity contribution >= 4 is 11.6 Å². The molecule has 21 heavy (non-hydrogen) atoms. The van der Waals surface area contributed by atoms with Crippen molar-refractivity contribution in [3.05, 3.63) is 69.7 Å². The first-order chi connectivity index (χ1) is 10.1. The second-order valence-electron chi connectivity index (χ2n) is 4.82. The maximum Gasteiger partial charge on any atom is 0.191 e. The Labute approximate surface area is 118 Å². The fourth-order valence-corrected chi connectivity index (χ4v) is 2.70. The maximum absolute atomic E-state index is 14.2. The maximum atomic E-state index is 14.2. The van der Waals surface area contributed by atoms with Crippen LogP contribution in [0.15, 0.2) is 59.2 Å². The molecule has 2 N–H and O–H groups in total. The minimum absolute atomic E-state index is 0.0481. The fourth-order valence-electron chi connectivity index (χ4n) is 2.70. The van der Waals surface area contributed by atoms with E-state index in [0.29, 0.717) is 10.4 Å². The SMILES string of the molecule is NCC1C(F)=C(F)C(F)=C2C(F)=CC=c3ccccc3=C21. The van der Waals surface area contributed by atoms with Crippen LogP contribution in [0.4, 0.5) is 17.6 Å². The molecule has 3 rings (SSSR count). The molecule has 0 spiro atoms. The Morgan fingerprint density at radius 1 is 0.952 bits per heavy atom. The Morgan fingerprint density at radius 3 is 2.38 bits per heavy atom. The van der Waals surface area contributed by atoms with E-state index >= 15 is 0 Å². The van der Waals surface area contributed by atoms with E-state index in [0.717, 1.165) is 6.08 Å². The molecule has 108 valence electrons. The highest BCUT2D eigenvalue weighted by Crippen LogP contribution is 2.43. The molecule has 0 saturated carbocycles. The predicted molar refractivity (Wildman–Crippen MR) is 72.7 cm³/mol. The molecule has 1 aromatic carbocycles. The average Bonchev–Trinajstić information content (AvgIpc) is 2.64. The van der Waals surface area contributed by atoms with Gasteiger partial charge in [0.15, 0.2) is 11.7 Å². The standard InChI is InChI=1S/C16H11F4N/c17-11-6-5-8-3-1-2-4-9(8)12-10(7-21)14(18)16(20)15(19)13(11)12/h1-6,10H,7,21H2. The summed E-state index contributed by atoms with van der Waals surface area (Å²) in [6, 6.07) is 6.69. The molecule has 2 aliphatic carbocycles. The van der Waals surface area contributed by atoms with Crippen LogP contribution < -0.4 is 16.2 Å². The lowest BCUT2D eigenvalue weighted by Gasteiger charge is -2.24. The Kier molecular flexibility index (Phi) is 3.29. The highest BCUT2D eigenvalue weighted by atomic mass is 19.2. The molecule has 0 radical (unpaired) electrons. The lowest BCUT2D eigenvalue weighted by molar-refractivity contribution is 0.436. The molecule has 0 aliphatic heterocycles. The molecule has 2 aliphatic rings. The van der Waals surface area contributed by atoms with Gasteiger partial charge in [0, 0.05) is 6.54 Å². The van der Waals surface area contributed by atoms with Crippen LogP contribution in [0.3, 0.4) is 0 Å². The third kappa shape index (κ3) is 1.96. The van der Waals surface area contributed by atoms with Crippen molar-refractivity contribution in [1.29, 1.82) is 0 Å². The van der Waals surface area contributed by atoms with Gasteiger partial charge in [0.05, 0.1) is 11.5 Å². The molecule has 5 heteroatoms. The first kappa shape index (κ1) is 13.8. The minimum Gasteiger partial charge on any atom is -0.329 e. The Balaban J connectivity index is 2.52. The highest BCUT2D eigenvalue weighted by Gasteiger charge is 2.36. The molecule has 0 heterocycles. The lowest BCUT2D eigenvalue weighted by atomic mass is 9.84. The Morgan fingerprint density at radius 2 is 1.67 bits per heavy atom. The van der Waals surface area contributed by atoms with E-state index in [1.807, 2.05) is 0 Å². The Bertz CT molecular complexity index is 830. The summed E-state index contributed by atoms with van der Waals surface area (Å²) in [4.78, 5) is 0. The first-order valence-corrected chi connectivity index (χ1v) is 6.39. The first-order valence-electron chi connectivity index (χ1n) is 6.39. The molecule has 0 aromatic heterocycles. The van der Waals surface area contributed by atoms with Gasteiger partial charge in [0.1, 0.15) is 11.7 Å². The number of rotatable bonds is 1. The monoisotopic (exact) mass is 293 g/mol. The van der Waals surface area contributed by atoms with Gasteiger partial charge in [-0.2, -0.15) is 0 Å². The van der Waals surface area contributed by atoms with E-state index in [-0.39, 0.29) is 12.1 Å². The third-order valence-corrected chi connectivity index (χ3v) is 3.68. The van der Waals surface area contributed by atoms with E-state index < -0.39 is 34.8 Å². The number of halogens is 4. The van der Waals surface area contributed by atoms with Gasteiger partial charge in [-0.3, -0.25) is 0 Å². The van der Waals surface area contributed by atoms with Crippen molar-refractivity contribution in [3.8, 4) is 0 Å². The summed E-state index contributed by atoms with van der Waals surface area (Å²) in [7, 11) is 0. The van der Waals surface area contributed by atoms with Crippen molar-refractivity contribution in [2.45, 2.75) is 0 Å². The van der Waals surface area contributed by atoms with E-state index in [1.54, 1.807) is 24.3 Å². The van der Waals surface area contributed by atoms with E-state index in [1.165, 1.54) is 6.08 Å². The molecule has 1 unspecified atom stereocenters. The zero-order valence-corrected chi connectivity index (χ0v) is 10.8. The average molecular weight is 293 g/mol. The van der Waals surface area contributed by atoms with Crippen LogP contribution >= 0.6 is 0 Å². The molecule has 0 bridgehead atoms. The lowest BCUT2D eigenvalue weighted by Crippen LogP contribution is -2.33. The molecule has 1 aromatic rings. The number of fused-ring (bicyclic) bond motifs is 2. The van der Waals surface area contributed by atoms with Gasteiger partial charge in [-0.1, -0.05) is 30.3 Å². The van der Waals surface area contributed by atoms with Crippen molar-refractivity contribution in [2.24, 2.45) is 11.7 Å². The van der Waals surface area contributed by atoms with Crippen molar-refractivity contribution in [2.75, 3.05) is 6.54 Å². The summed E-state index contributed by atoms with van der Waals surface area (Å²) in [6.45, 7) is -0.285. The summed E-state index contributed by atoms with van der Waals surface area (Å²) in [6.07, 6.45) is 2.49. The van der Waals surface area contributed by atoms with E-state index in [9.17, 15) is 17.6 Å². The molecular formula is C16H11F4N. The van der Waals surface area contributed by atoms with Crippen LogP contribution in [0.5, 0.6) is 0 Å². The van der Waals surface area contributed by atoms with Gasteiger partial charge < -0.3 is 5.73 Å². The minimum atomic E-state index is -1.67. The summed E-state index contributed by atoms with van der Waals surface area (Å²) in [5.41, 5.74) is 5.00. The van der Waals surface area contributed by atoms with Crippen LogP contribution in [-0.2, 0) is 0 Å². The normalized spacial score (nSPS) is 21.5. The Hall–Kier alpha value is -2.14. The largest absolute Gasteiger partial charge is 0.329 e. The molecular weight excluding hydrogens is 282 g/mol. The second-order valence-corrected chi connectivity index (χ2v) is 4.82. The van der Waals surface area contributed by atoms with Gasteiger partial charge in [0.25, 0.3) is 0 Å². The number of nitrogens with two attached hydrogens (primary N) is 1. The quantitative estimate of drug-likeness (QED) is 0.791. The van der Waals surface area contributed by atoms with Gasteiger partial charge in [0.2, 0.25) is 0 Å². The van der Waals surface area contributed by atoms with Crippen molar-refractivity contribution < 1.29 is 17.6 Å². The fraction of sp³-hybridized carbons (Fsp3) is 0.125. The number of benzene rings is 1. The number of hydrogen-bond donors (Lipinski definition) is 1. The zero-order chi connectivity index (χ0) is 15.1. The molecule has 1 nitrogen and oxygen atoms in total. The van der Waals surface area contributed by atoms with Crippen LogP contribution in [0.1, 0.15) is 0 Å². The van der Waals surface area contributed by atoms with E-state index in [4.69, 9.17) is 5.73 Å². The summed E-state index contributed by atoms with van der Waals surface area (Å²) in [5.74, 6) is -6.64. The zero-order valence-electron chi connectivity index (χ0n) is 10.8. The summed E-state index contributed by atoms with van der Waals surface area (Å²) in [5, 5.41) is 1.05. The second kappa shape index (κ2) is 5.00. The van der Waals surface area contributed by atoms with Gasteiger partial charge in [-0.05, 0) is 22.1 Å². The topological polar surface area (TPSA) is 26.0 Å². The molecule has 0 saturated heterocycles. The molecule has 1 atom stereocenters. The third-order valence-electron chi connectivity index (χ3n) is 3.68. The van der Waals surface area contributed by atoms with E-state index in [2.05, 4.69) is 0 Å². The molecule has 0 fully saturated rings. The van der Waals surface area contributed by atoms with Gasteiger partial charge in [-0.15, -0.1) is 0 Å². The smallest absolute Gasteiger partial charge is 0.191 e. The van der Waals surface area contributed by atoms with Crippen LogP contribution in [0.25, 0.3) is 11.6 Å². The van der Waals surface area contributed by atoms with Crippen LogP contribution in [0.2, 0.25) is 0 Å². The molecule has 0 amide bonds. The highest BCUT2D eigenvalue weighted by molar-refractivity contribution is 5.80. The van der Waals surface area contributed by atoms with Crippen LogP contribution in [-0.4, -0.2) is 6.54 Å². The summed E-state index contributed by atoms with van der Waals surface area (Å²) >= 11 is 0. The van der Waals surface area contributed by atoms with Crippen molar-refractivity contribution in [3.63, 3.8) is 0 Å². The van der Waals surface area contributed by atoms with Crippen molar-refractivity contribution in [1.82, 2.24) is 0 Å². The number of allylic oxidation sites excluding steroid dienone is 5. The number of hydrogen-bond acceptors (Lipinski definition) is 1. The van der Waals surface area contributed by atoms with Gasteiger partial charge >= 0.3 is 0 Å². The summed E-state index contributed by atoms with van der Waals surface area (Å²) < 4.78 is 55.9. The van der Waals surface area contributed by atoms with Crippen LogP contribution in [0, 0.1) is 5.92 Å². The predicted octanol–water partition coefficient (Wildman–Crippen LogP) is 2.45. The van der Waals surface area contributed by atoms with Gasteiger partial charge in [-0.25, -0.2) is 17.6 Å².